The van der Waals surface area contributed by atoms with Gasteiger partial charge in [0.2, 0.25) is 0 Å². The second kappa shape index (κ2) is 4.43. The Balaban J connectivity index is 1.92. The minimum atomic E-state index is 0.890. The van der Waals surface area contributed by atoms with Gasteiger partial charge < -0.3 is 9.99 Å². The van der Waals surface area contributed by atoms with Gasteiger partial charge in [-0.15, -0.1) is 0 Å². The Morgan fingerprint density at radius 1 is 1.25 bits per heavy atom. The van der Waals surface area contributed by atoms with E-state index in [1.165, 1.54) is 11.4 Å². The maximum Gasteiger partial charge on any atom is 0.110 e. The Hall–Kier alpha value is -1.71. The first-order chi connectivity index (χ1) is 7.68. The Bertz CT molecular complexity index is 448. The molecule has 0 saturated heterocycles. The van der Waals surface area contributed by atoms with Gasteiger partial charge in [0.25, 0.3) is 0 Å². The summed E-state index contributed by atoms with van der Waals surface area (Å²) in [6.45, 7) is 5.09. The van der Waals surface area contributed by atoms with E-state index in [9.17, 15) is 0 Å². The lowest BCUT2D eigenvalue weighted by Crippen LogP contribution is -2.20. The third-order valence-corrected chi connectivity index (χ3v) is 2.81. The monoisotopic (exact) mass is 218 g/mol. The number of nitrogens with one attached hydrogen (secondary N) is 1. The zero-order chi connectivity index (χ0) is 11.5. The maximum absolute atomic E-state index is 4.29. The van der Waals surface area contributed by atoms with E-state index in [1.807, 2.05) is 19.4 Å². The minimum absolute atomic E-state index is 0.890. The lowest BCUT2D eigenvalue weighted by atomic mass is 10.4. The van der Waals surface area contributed by atoms with E-state index in [0.29, 0.717) is 0 Å². The van der Waals surface area contributed by atoms with Crippen LogP contribution < -0.4 is 5.43 Å². The summed E-state index contributed by atoms with van der Waals surface area (Å²) in [5.41, 5.74) is 5.86. The first-order valence-electron chi connectivity index (χ1n) is 5.53. The highest BCUT2D eigenvalue weighted by atomic mass is 15.4. The van der Waals surface area contributed by atoms with Gasteiger partial charge in [-0.3, -0.25) is 4.68 Å². The van der Waals surface area contributed by atoms with Crippen LogP contribution in [0.3, 0.4) is 0 Å². The van der Waals surface area contributed by atoms with Crippen LogP contribution in [0.1, 0.15) is 17.2 Å². The van der Waals surface area contributed by atoms with Crippen LogP contribution in [0, 0.1) is 13.8 Å². The van der Waals surface area contributed by atoms with Crippen LogP contribution in [-0.2, 0) is 13.5 Å². The Morgan fingerprint density at radius 2 is 1.94 bits per heavy atom. The van der Waals surface area contributed by atoms with Crippen LogP contribution >= 0.6 is 0 Å². The molecule has 1 N–H and O–H groups in total. The highest BCUT2D eigenvalue weighted by molar-refractivity contribution is 5.15. The molecule has 0 amide bonds. The zero-order valence-electron chi connectivity index (χ0n) is 10.1. The van der Waals surface area contributed by atoms with Crippen LogP contribution in [0.2, 0.25) is 0 Å². The smallest absolute Gasteiger partial charge is 0.110 e. The van der Waals surface area contributed by atoms with Crippen LogP contribution in [0.5, 0.6) is 0 Å². The van der Waals surface area contributed by atoms with Gasteiger partial charge in [0, 0.05) is 43.8 Å². The Morgan fingerprint density at radius 3 is 2.50 bits per heavy atom. The standard InChI is InChI=1S/C12H18N4/c1-10-4-5-11(2)16(10)14-7-6-12-13-8-9-15(12)3/h4-5,8-9,14H,6-7H2,1-3H3. The predicted molar refractivity (Wildman–Crippen MR) is 65.0 cm³/mol. The summed E-state index contributed by atoms with van der Waals surface area (Å²) in [6.07, 6.45) is 4.74. The highest BCUT2D eigenvalue weighted by Crippen LogP contribution is 2.04. The minimum Gasteiger partial charge on any atom is -0.338 e. The number of rotatable bonds is 4. The van der Waals surface area contributed by atoms with Gasteiger partial charge >= 0.3 is 0 Å². The fraction of sp³-hybridized carbons (Fsp3) is 0.417. The van der Waals surface area contributed by atoms with E-state index in [2.05, 4.69) is 45.6 Å². The SMILES string of the molecule is Cc1ccc(C)n1NCCc1nccn1C. The molecule has 2 rings (SSSR count). The first kappa shape index (κ1) is 10.8. The van der Waals surface area contributed by atoms with E-state index in [1.54, 1.807) is 0 Å². The van der Waals surface area contributed by atoms with Crippen molar-refractivity contribution in [2.24, 2.45) is 7.05 Å². The van der Waals surface area contributed by atoms with E-state index < -0.39 is 0 Å². The van der Waals surface area contributed by atoms with Crippen molar-refractivity contribution in [3.63, 3.8) is 0 Å². The predicted octanol–water partition coefficient (Wildman–Crippen LogP) is 1.62. The van der Waals surface area contributed by atoms with Gasteiger partial charge in [0.15, 0.2) is 0 Å². The molecule has 2 heterocycles. The molecule has 0 radical (unpaired) electrons. The summed E-state index contributed by atoms with van der Waals surface area (Å²) in [7, 11) is 2.02. The van der Waals surface area contributed by atoms with E-state index in [0.717, 1.165) is 18.8 Å². The number of hydrogen-bond acceptors (Lipinski definition) is 2. The highest BCUT2D eigenvalue weighted by Gasteiger charge is 2.01. The van der Waals surface area contributed by atoms with Crippen LogP contribution in [0.15, 0.2) is 24.5 Å². The quantitative estimate of drug-likeness (QED) is 0.846. The molecule has 2 aromatic heterocycles. The molecule has 0 saturated carbocycles. The summed E-state index contributed by atoms with van der Waals surface area (Å²) >= 11 is 0. The molecule has 86 valence electrons. The van der Waals surface area contributed by atoms with Crippen molar-refractivity contribution in [2.75, 3.05) is 12.0 Å². The molecule has 0 aliphatic rings. The third-order valence-electron chi connectivity index (χ3n) is 2.81. The number of hydrogen-bond donors (Lipinski definition) is 1. The molecule has 0 atom stereocenters. The molecular weight excluding hydrogens is 200 g/mol. The Kier molecular flexibility index (Phi) is 2.99. The van der Waals surface area contributed by atoms with Crippen LogP contribution in [0.4, 0.5) is 0 Å². The normalized spacial score (nSPS) is 10.7. The van der Waals surface area contributed by atoms with Crippen LogP contribution in [0.25, 0.3) is 0 Å². The molecule has 2 aromatic rings. The molecule has 0 aliphatic carbocycles. The molecular formula is C12H18N4. The molecule has 4 nitrogen and oxygen atoms in total. The van der Waals surface area contributed by atoms with Gasteiger partial charge in [-0.2, -0.15) is 0 Å². The fourth-order valence-electron chi connectivity index (χ4n) is 1.83. The van der Waals surface area contributed by atoms with Gasteiger partial charge in [-0.1, -0.05) is 0 Å². The number of aryl methyl sites for hydroxylation is 3. The summed E-state index contributed by atoms with van der Waals surface area (Å²) in [5, 5.41) is 0. The number of aromatic nitrogens is 3. The summed E-state index contributed by atoms with van der Waals surface area (Å²) in [4.78, 5) is 4.29. The number of imidazole rings is 1. The second-order valence-corrected chi connectivity index (χ2v) is 4.06. The molecule has 0 unspecified atom stereocenters. The average molecular weight is 218 g/mol. The summed E-state index contributed by atoms with van der Waals surface area (Å²) < 4.78 is 4.17. The zero-order valence-corrected chi connectivity index (χ0v) is 10.1. The van der Waals surface area contributed by atoms with Gasteiger partial charge in [0.1, 0.15) is 5.82 Å². The summed E-state index contributed by atoms with van der Waals surface area (Å²) in [6, 6.07) is 4.23. The van der Waals surface area contributed by atoms with Gasteiger partial charge in [-0.25, -0.2) is 4.98 Å². The van der Waals surface area contributed by atoms with E-state index in [-0.39, 0.29) is 0 Å². The topological polar surface area (TPSA) is 34.8 Å². The van der Waals surface area contributed by atoms with Crippen LogP contribution in [-0.4, -0.2) is 20.8 Å². The maximum atomic E-state index is 4.29. The largest absolute Gasteiger partial charge is 0.338 e. The lowest BCUT2D eigenvalue weighted by Gasteiger charge is -2.12. The van der Waals surface area contributed by atoms with Crippen molar-refractivity contribution in [2.45, 2.75) is 20.3 Å². The molecule has 0 spiro atoms. The fourth-order valence-corrected chi connectivity index (χ4v) is 1.83. The van der Waals surface area contributed by atoms with E-state index in [4.69, 9.17) is 0 Å². The van der Waals surface area contributed by atoms with Gasteiger partial charge in [0.05, 0.1) is 0 Å². The summed E-state index contributed by atoms with van der Waals surface area (Å²) in [5.74, 6) is 1.11. The molecule has 0 fully saturated rings. The Labute approximate surface area is 95.9 Å². The van der Waals surface area contributed by atoms with Crippen molar-refractivity contribution >= 4 is 0 Å². The lowest BCUT2D eigenvalue weighted by molar-refractivity contribution is 0.732. The molecule has 0 aromatic carbocycles. The van der Waals surface area contributed by atoms with E-state index >= 15 is 0 Å². The average Bonchev–Trinajstić information content (AvgIpc) is 2.79. The molecule has 0 bridgehead atoms. The van der Waals surface area contributed by atoms with Crippen molar-refractivity contribution < 1.29 is 0 Å². The van der Waals surface area contributed by atoms with Gasteiger partial charge in [-0.05, 0) is 26.0 Å². The third kappa shape index (κ3) is 2.10. The molecule has 16 heavy (non-hydrogen) atoms. The van der Waals surface area contributed by atoms with Crippen molar-refractivity contribution in [1.82, 2.24) is 14.2 Å². The first-order valence-corrected chi connectivity index (χ1v) is 5.53. The number of nitrogens with zero attached hydrogens (tertiary/aromatic N) is 3. The second-order valence-electron chi connectivity index (χ2n) is 4.06. The molecule has 0 aliphatic heterocycles. The molecule has 4 heteroatoms. The van der Waals surface area contributed by atoms with Crippen molar-refractivity contribution in [3.05, 3.63) is 41.7 Å². The van der Waals surface area contributed by atoms with Crippen molar-refractivity contribution in [1.29, 1.82) is 0 Å². The van der Waals surface area contributed by atoms with Crippen molar-refractivity contribution in [3.8, 4) is 0 Å².